The quantitative estimate of drug-likeness (QED) is 0.803. The standard InChI is InChI=1S/C9H12F3NOS/c1-6(2)7-4-15-8(13-7)3-14-5-9(10,11)12/h4,6H,3,5H2,1-2H3. The summed E-state index contributed by atoms with van der Waals surface area (Å²) in [4.78, 5) is 4.16. The Hall–Kier alpha value is -0.620. The minimum atomic E-state index is -4.27. The highest BCUT2D eigenvalue weighted by Gasteiger charge is 2.27. The molecule has 0 aliphatic rings. The van der Waals surface area contributed by atoms with Gasteiger partial charge in [0, 0.05) is 5.38 Å². The molecule has 1 heterocycles. The zero-order valence-electron chi connectivity index (χ0n) is 8.47. The van der Waals surface area contributed by atoms with Crippen molar-refractivity contribution >= 4 is 11.3 Å². The Morgan fingerprint density at radius 1 is 1.47 bits per heavy atom. The van der Waals surface area contributed by atoms with E-state index in [1.54, 1.807) is 0 Å². The molecule has 1 aromatic rings. The van der Waals surface area contributed by atoms with E-state index >= 15 is 0 Å². The molecular weight excluding hydrogens is 227 g/mol. The second-order valence-corrected chi connectivity index (χ2v) is 4.37. The first-order valence-corrected chi connectivity index (χ1v) is 5.35. The topological polar surface area (TPSA) is 22.1 Å². The van der Waals surface area contributed by atoms with Crippen LogP contribution < -0.4 is 0 Å². The Kier molecular flexibility index (Phi) is 4.10. The van der Waals surface area contributed by atoms with Crippen LogP contribution >= 0.6 is 11.3 Å². The van der Waals surface area contributed by atoms with Crippen LogP contribution in [0.1, 0.15) is 30.5 Å². The van der Waals surface area contributed by atoms with Gasteiger partial charge < -0.3 is 4.74 Å². The first kappa shape index (κ1) is 12.4. The number of ether oxygens (including phenoxy) is 1. The van der Waals surface area contributed by atoms with Crippen LogP contribution in [0.15, 0.2) is 5.38 Å². The van der Waals surface area contributed by atoms with Crippen molar-refractivity contribution in [2.24, 2.45) is 0 Å². The number of aromatic nitrogens is 1. The van der Waals surface area contributed by atoms with Crippen LogP contribution in [0.5, 0.6) is 0 Å². The van der Waals surface area contributed by atoms with Crippen LogP contribution in [0.25, 0.3) is 0 Å². The summed E-state index contributed by atoms with van der Waals surface area (Å²) in [5, 5.41) is 2.43. The smallest absolute Gasteiger partial charge is 0.365 e. The second kappa shape index (κ2) is 4.94. The van der Waals surface area contributed by atoms with Gasteiger partial charge in [-0.05, 0) is 5.92 Å². The Balaban J connectivity index is 2.38. The van der Waals surface area contributed by atoms with Crippen molar-refractivity contribution in [3.63, 3.8) is 0 Å². The van der Waals surface area contributed by atoms with E-state index < -0.39 is 12.8 Å². The largest absolute Gasteiger partial charge is 0.411 e. The molecule has 1 aromatic heterocycles. The Labute approximate surface area is 90.1 Å². The van der Waals surface area contributed by atoms with Crippen LogP contribution in [-0.2, 0) is 11.3 Å². The molecule has 0 fully saturated rings. The number of thiazole rings is 1. The Bertz CT molecular complexity index is 309. The van der Waals surface area contributed by atoms with Gasteiger partial charge in [0.2, 0.25) is 0 Å². The molecule has 0 saturated heterocycles. The van der Waals surface area contributed by atoms with Crippen molar-refractivity contribution in [2.45, 2.75) is 32.5 Å². The van der Waals surface area contributed by atoms with Crippen LogP contribution in [0.2, 0.25) is 0 Å². The average Bonchev–Trinajstić information content (AvgIpc) is 2.50. The molecule has 0 N–H and O–H groups in total. The molecule has 6 heteroatoms. The van der Waals surface area contributed by atoms with Gasteiger partial charge in [0.15, 0.2) is 0 Å². The molecule has 0 aliphatic carbocycles. The van der Waals surface area contributed by atoms with Gasteiger partial charge in [0.25, 0.3) is 0 Å². The SMILES string of the molecule is CC(C)c1csc(COCC(F)(F)F)n1. The first-order valence-electron chi connectivity index (χ1n) is 4.47. The third-order valence-corrected chi connectivity index (χ3v) is 2.49. The molecule has 0 radical (unpaired) electrons. The Morgan fingerprint density at radius 2 is 2.13 bits per heavy atom. The lowest BCUT2D eigenvalue weighted by Crippen LogP contribution is -2.16. The minimum absolute atomic E-state index is 0.0725. The predicted molar refractivity (Wildman–Crippen MR) is 51.9 cm³/mol. The molecule has 1 rings (SSSR count). The molecule has 0 bridgehead atoms. The first-order chi connectivity index (χ1) is 6.88. The summed E-state index contributed by atoms with van der Waals surface area (Å²) in [5.74, 6) is 0.289. The van der Waals surface area contributed by atoms with E-state index in [1.807, 2.05) is 19.2 Å². The molecule has 2 nitrogen and oxygen atoms in total. The summed E-state index contributed by atoms with van der Waals surface area (Å²) < 4.78 is 39.7. The summed E-state index contributed by atoms with van der Waals surface area (Å²) in [6, 6.07) is 0. The van der Waals surface area contributed by atoms with Gasteiger partial charge in [-0.2, -0.15) is 13.2 Å². The lowest BCUT2D eigenvalue weighted by atomic mass is 10.2. The average molecular weight is 239 g/mol. The number of hydrogen-bond acceptors (Lipinski definition) is 3. The number of alkyl halides is 3. The van der Waals surface area contributed by atoms with Crippen LogP contribution in [0.3, 0.4) is 0 Å². The second-order valence-electron chi connectivity index (χ2n) is 3.43. The molecule has 15 heavy (non-hydrogen) atoms. The van der Waals surface area contributed by atoms with Gasteiger partial charge in [-0.3, -0.25) is 0 Å². The molecule has 0 amide bonds. The summed E-state index contributed by atoms with van der Waals surface area (Å²) >= 11 is 1.32. The van der Waals surface area contributed by atoms with E-state index in [4.69, 9.17) is 0 Å². The van der Waals surface area contributed by atoms with E-state index in [0.717, 1.165) is 5.69 Å². The number of rotatable bonds is 4. The van der Waals surface area contributed by atoms with E-state index in [0.29, 0.717) is 5.01 Å². The normalized spacial score (nSPS) is 12.4. The van der Waals surface area contributed by atoms with Crippen LogP contribution in [0, 0.1) is 0 Å². The highest BCUT2D eigenvalue weighted by Crippen LogP contribution is 2.20. The molecular formula is C9H12F3NOS. The van der Waals surface area contributed by atoms with Crippen molar-refractivity contribution in [3.8, 4) is 0 Å². The number of hydrogen-bond donors (Lipinski definition) is 0. The van der Waals surface area contributed by atoms with Gasteiger partial charge >= 0.3 is 6.18 Å². The highest BCUT2D eigenvalue weighted by atomic mass is 32.1. The molecule has 0 unspecified atom stereocenters. The fraction of sp³-hybridized carbons (Fsp3) is 0.667. The fourth-order valence-corrected chi connectivity index (χ4v) is 1.80. The van der Waals surface area contributed by atoms with Crippen molar-refractivity contribution in [1.29, 1.82) is 0 Å². The van der Waals surface area contributed by atoms with Crippen molar-refractivity contribution in [3.05, 3.63) is 16.1 Å². The Morgan fingerprint density at radius 3 is 2.60 bits per heavy atom. The molecule has 86 valence electrons. The molecule has 0 saturated carbocycles. The summed E-state index contributed by atoms with van der Waals surface area (Å²) in [5.41, 5.74) is 0.894. The zero-order chi connectivity index (χ0) is 11.5. The molecule has 0 aliphatic heterocycles. The minimum Gasteiger partial charge on any atom is -0.365 e. The van der Waals surface area contributed by atoms with Crippen LogP contribution in [-0.4, -0.2) is 17.8 Å². The maximum atomic E-state index is 11.7. The van der Waals surface area contributed by atoms with Gasteiger partial charge in [-0.25, -0.2) is 4.98 Å². The monoisotopic (exact) mass is 239 g/mol. The lowest BCUT2D eigenvalue weighted by molar-refractivity contribution is -0.176. The third kappa shape index (κ3) is 4.61. The maximum Gasteiger partial charge on any atom is 0.411 e. The van der Waals surface area contributed by atoms with Gasteiger partial charge in [0.1, 0.15) is 11.6 Å². The maximum absolute atomic E-state index is 11.7. The van der Waals surface area contributed by atoms with E-state index in [-0.39, 0.29) is 12.5 Å². The van der Waals surface area contributed by atoms with Gasteiger partial charge in [0.05, 0.1) is 12.3 Å². The number of halogens is 3. The summed E-state index contributed by atoms with van der Waals surface area (Å²) in [6.07, 6.45) is -4.27. The van der Waals surface area contributed by atoms with E-state index in [1.165, 1.54) is 11.3 Å². The molecule has 0 spiro atoms. The highest BCUT2D eigenvalue weighted by molar-refractivity contribution is 7.09. The van der Waals surface area contributed by atoms with E-state index in [9.17, 15) is 13.2 Å². The van der Waals surface area contributed by atoms with Gasteiger partial charge in [-0.15, -0.1) is 11.3 Å². The van der Waals surface area contributed by atoms with Crippen molar-refractivity contribution in [1.82, 2.24) is 4.98 Å². The van der Waals surface area contributed by atoms with Crippen molar-refractivity contribution < 1.29 is 17.9 Å². The lowest BCUT2D eigenvalue weighted by Gasteiger charge is -2.05. The zero-order valence-corrected chi connectivity index (χ0v) is 9.28. The molecule has 0 aromatic carbocycles. The van der Waals surface area contributed by atoms with Crippen LogP contribution in [0.4, 0.5) is 13.2 Å². The molecule has 0 atom stereocenters. The van der Waals surface area contributed by atoms with Crippen molar-refractivity contribution in [2.75, 3.05) is 6.61 Å². The predicted octanol–water partition coefficient (Wildman–Crippen LogP) is 3.35. The van der Waals surface area contributed by atoms with Gasteiger partial charge in [-0.1, -0.05) is 13.8 Å². The summed E-state index contributed by atoms with van der Waals surface area (Å²) in [6.45, 7) is 2.67. The summed E-state index contributed by atoms with van der Waals surface area (Å²) in [7, 11) is 0. The number of nitrogens with zero attached hydrogens (tertiary/aromatic N) is 1. The van der Waals surface area contributed by atoms with E-state index in [2.05, 4.69) is 9.72 Å². The third-order valence-electron chi connectivity index (χ3n) is 1.65. The fourth-order valence-electron chi connectivity index (χ4n) is 0.911.